The number of rotatable bonds is 8. The van der Waals surface area contributed by atoms with Crippen molar-refractivity contribution >= 4 is 11.9 Å². The first-order chi connectivity index (χ1) is 13.6. The summed E-state index contributed by atoms with van der Waals surface area (Å²) in [5, 5.41) is 9.40. The van der Waals surface area contributed by atoms with Gasteiger partial charge in [0, 0.05) is 30.8 Å². The maximum Gasteiger partial charge on any atom is 0.251 e. The Morgan fingerprint density at radius 2 is 1.82 bits per heavy atom. The Morgan fingerprint density at radius 1 is 1.04 bits per heavy atom. The summed E-state index contributed by atoms with van der Waals surface area (Å²) in [6.45, 7) is 8.43. The van der Waals surface area contributed by atoms with Crippen molar-refractivity contribution in [1.82, 2.24) is 16.0 Å². The second-order valence-corrected chi connectivity index (χ2v) is 6.42. The lowest BCUT2D eigenvalue weighted by Gasteiger charge is -2.14. The number of guanidine groups is 1. The van der Waals surface area contributed by atoms with Crippen molar-refractivity contribution in [2.45, 2.75) is 33.9 Å². The number of methoxy groups -OCH3 is 1. The normalized spacial score (nSPS) is 11.1. The van der Waals surface area contributed by atoms with E-state index in [0.717, 1.165) is 29.0 Å². The van der Waals surface area contributed by atoms with E-state index in [2.05, 4.69) is 33.1 Å². The van der Waals surface area contributed by atoms with Crippen molar-refractivity contribution in [3.05, 3.63) is 64.7 Å². The molecule has 2 aromatic carbocycles. The Labute approximate surface area is 167 Å². The molecule has 0 saturated carbocycles. The first kappa shape index (κ1) is 21.3. The van der Waals surface area contributed by atoms with E-state index in [1.165, 1.54) is 0 Å². The van der Waals surface area contributed by atoms with Gasteiger partial charge in [0.25, 0.3) is 5.91 Å². The summed E-state index contributed by atoms with van der Waals surface area (Å²) < 4.78 is 5.47. The topological polar surface area (TPSA) is 74.8 Å². The summed E-state index contributed by atoms with van der Waals surface area (Å²) in [7, 11) is 1.68. The average molecular weight is 383 g/mol. The van der Waals surface area contributed by atoms with Gasteiger partial charge < -0.3 is 20.7 Å². The fourth-order valence-electron chi connectivity index (χ4n) is 2.76. The van der Waals surface area contributed by atoms with Crippen LogP contribution in [-0.2, 0) is 13.1 Å². The highest BCUT2D eigenvalue weighted by Crippen LogP contribution is 2.19. The monoisotopic (exact) mass is 382 g/mol. The molecular weight excluding hydrogens is 352 g/mol. The summed E-state index contributed by atoms with van der Waals surface area (Å²) in [6, 6.07) is 13.7. The quantitative estimate of drug-likeness (QED) is 0.485. The fraction of sp³-hybridized carbons (Fsp3) is 0.364. The van der Waals surface area contributed by atoms with Crippen LogP contribution in [0.4, 0.5) is 0 Å². The van der Waals surface area contributed by atoms with Crippen LogP contribution in [0.15, 0.2) is 47.5 Å². The van der Waals surface area contributed by atoms with E-state index in [-0.39, 0.29) is 5.91 Å². The van der Waals surface area contributed by atoms with Gasteiger partial charge >= 0.3 is 0 Å². The first-order valence-corrected chi connectivity index (χ1v) is 9.60. The molecule has 3 N–H and O–H groups in total. The summed E-state index contributed by atoms with van der Waals surface area (Å²) in [6.07, 6.45) is 0. The lowest BCUT2D eigenvalue weighted by molar-refractivity contribution is 0.0955. The van der Waals surface area contributed by atoms with Crippen molar-refractivity contribution in [2.24, 2.45) is 4.99 Å². The number of benzene rings is 2. The highest BCUT2D eigenvalue weighted by molar-refractivity contribution is 5.94. The molecule has 150 valence electrons. The van der Waals surface area contributed by atoms with Crippen LogP contribution < -0.4 is 20.7 Å². The molecule has 0 aromatic heterocycles. The van der Waals surface area contributed by atoms with Gasteiger partial charge in [0.15, 0.2) is 5.96 Å². The molecule has 0 bridgehead atoms. The number of ether oxygens (including phenoxy) is 1. The fourth-order valence-corrected chi connectivity index (χ4v) is 2.76. The van der Waals surface area contributed by atoms with Gasteiger partial charge in [0.1, 0.15) is 5.75 Å². The Hall–Kier alpha value is -3.02. The molecule has 0 aliphatic carbocycles. The third kappa shape index (κ3) is 6.30. The van der Waals surface area contributed by atoms with E-state index in [1.807, 2.05) is 51.1 Å². The second kappa shape index (κ2) is 11.0. The first-order valence-electron chi connectivity index (χ1n) is 9.60. The van der Waals surface area contributed by atoms with Crippen LogP contribution in [0, 0.1) is 6.92 Å². The zero-order chi connectivity index (χ0) is 20.4. The summed E-state index contributed by atoms with van der Waals surface area (Å²) in [5.41, 5.74) is 3.86. The number of hydrogen-bond donors (Lipinski definition) is 3. The lowest BCUT2D eigenvalue weighted by atomic mass is 10.1. The van der Waals surface area contributed by atoms with Crippen LogP contribution >= 0.6 is 0 Å². The minimum absolute atomic E-state index is 0.0650. The Balaban J connectivity index is 2.06. The average Bonchev–Trinajstić information content (AvgIpc) is 2.71. The summed E-state index contributed by atoms with van der Waals surface area (Å²) >= 11 is 0. The molecule has 0 spiro atoms. The van der Waals surface area contributed by atoms with Crippen molar-refractivity contribution in [3.8, 4) is 5.75 Å². The Morgan fingerprint density at radius 3 is 2.54 bits per heavy atom. The lowest BCUT2D eigenvalue weighted by Crippen LogP contribution is -2.36. The van der Waals surface area contributed by atoms with Gasteiger partial charge in [-0.3, -0.25) is 4.79 Å². The predicted octanol–water partition coefficient (Wildman–Crippen LogP) is 3.01. The molecular formula is C22H30N4O2. The third-order valence-electron chi connectivity index (χ3n) is 4.18. The van der Waals surface area contributed by atoms with E-state index in [4.69, 9.17) is 4.74 Å². The van der Waals surface area contributed by atoms with Gasteiger partial charge in [-0.2, -0.15) is 0 Å². The zero-order valence-electron chi connectivity index (χ0n) is 17.1. The Kier molecular flexibility index (Phi) is 8.34. The van der Waals surface area contributed by atoms with Crippen LogP contribution in [0.2, 0.25) is 0 Å². The van der Waals surface area contributed by atoms with Gasteiger partial charge in [-0.15, -0.1) is 0 Å². The number of amides is 1. The summed E-state index contributed by atoms with van der Waals surface area (Å²) in [5.74, 6) is 1.51. The highest BCUT2D eigenvalue weighted by atomic mass is 16.5. The standard InChI is InChI=1S/C22H30N4O2/c1-5-23-21(27)18-9-7-8-17(13-18)14-25-22(24-6-2)26-15-19-11-10-16(3)12-20(19)28-4/h7-13H,5-6,14-15H2,1-4H3,(H,23,27)(H2,24,25,26). The van der Waals surface area contributed by atoms with E-state index < -0.39 is 0 Å². The molecule has 28 heavy (non-hydrogen) atoms. The predicted molar refractivity (Wildman–Crippen MR) is 114 cm³/mol. The number of aryl methyl sites for hydroxylation is 1. The van der Waals surface area contributed by atoms with E-state index in [1.54, 1.807) is 7.11 Å². The van der Waals surface area contributed by atoms with Crippen LogP contribution in [0.1, 0.15) is 40.9 Å². The molecule has 0 atom stereocenters. The van der Waals surface area contributed by atoms with Crippen molar-refractivity contribution < 1.29 is 9.53 Å². The molecule has 2 aromatic rings. The number of carbonyl (C=O) groups excluding carboxylic acids is 1. The minimum atomic E-state index is -0.0650. The van der Waals surface area contributed by atoms with Gasteiger partial charge in [-0.25, -0.2) is 4.99 Å². The zero-order valence-corrected chi connectivity index (χ0v) is 17.1. The number of aliphatic imine (C=N–C) groups is 1. The molecule has 6 heteroatoms. The molecule has 0 aliphatic heterocycles. The molecule has 0 saturated heterocycles. The van der Waals surface area contributed by atoms with Crippen molar-refractivity contribution in [3.63, 3.8) is 0 Å². The van der Waals surface area contributed by atoms with E-state index >= 15 is 0 Å². The van der Waals surface area contributed by atoms with Gasteiger partial charge in [0.05, 0.1) is 13.7 Å². The van der Waals surface area contributed by atoms with Gasteiger partial charge in [-0.05, 0) is 50.1 Å². The highest BCUT2D eigenvalue weighted by Gasteiger charge is 2.06. The van der Waals surface area contributed by atoms with Crippen LogP contribution in [0.3, 0.4) is 0 Å². The molecule has 2 rings (SSSR count). The molecule has 0 aliphatic rings. The molecule has 0 radical (unpaired) electrons. The molecule has 0 heterocycles. The van der Waals surface area contributed by atoms with Crippen LogP contribution in [0.5, 0.6) is 5.75 Å². The summed E-state index contributed by atoms with van der Waals surface area (Å²) in [4.78, 5) is 16.6. The van der Waals surface area contributed by atoms with Gasteiger partial charge in [0.2, 0.25) is 0 Å². The van der Waals surface area contributed by atoms with E-state index in [9.17, 15) is 4.79 Å². The number of carbonyl (C=O) groups is 1. The minimum Gasteiger partial charge on any atom is -0.496 e. The maximum atomic E-state index is 12.0. The SMILES string of the molecule is CCNC(=O)c1cccc(CN=C(NCC)NCc2ccc(C)cc2OC)c1. The molecule has 0 unspecified atom stereocenters. The number of hydrogen-bond acceptors (Lipinski definition) is 3. The van der Waals surface area contributed by atoms with Crippen molar-refractivity contribution in [2.75, 3.05) is 20.2 Å². The van der Waals surface area contributed by atoms with Crippen molar-refractivity contribution in [1.29, 1.82) is 0 Å². The Bertz CT molecular complexity index is 818. The van der Waals surface area contributed by atoms with Crippen LogP contribution in [0.25, 0.3) is 0 Å². The third-order valence-corrected chi connectivity index (χ3v) is 4.18. The largest absolute Gasteiger partial charge is 0.496 e. The molecule has 1 amide bonds. The number of nitrogens with zero attached hydrogens (tertiary/aromatic N) is 1. The van der Waals surface area contributed by atoms with E-state index in [0.29, 0.717) is 31.2 Å². The number of nitrogens with one attached hydrogen (secondary N) is 3. The second-order valence-electron chi connectivity index (χ2n) is 6.42. The van der Waals surface area contributed by atoms with Gasteiger partial charge in [-0.1, -0.05) is 24.3 Å². The molecule has 6 nitrogen and oxygen atoms in total. The molecule has 0 fully saturated rings. The smallest absolute Gasteiger partial charge is 0.251 e. The maximum absolute atomic E-state index is 12.0. The van der Waals surface area contributed by atoms with Crippen LogP contribution in [-0.4, -0.2) is 32.1 Å².